The average Bonchev–Trinajstić information content (AvgIpc) is 3.02. The summed E-state index contributed by atoms with van der Waals surface area (Å²) in [5, 5.41) is 3.99. The monoisotopic (exact) mass is 275 g/mol. The Bertz CT molecular complexity index is 410. The molecule has 3 atom stereocenters. The Hall–Kier alpha value is -0.830. The van der Waals surface area contributed by atoms with Crippen LogP contribution >= 0.6 is 0 Å². The highest BCUT2D eigenvalue weighted by molar-refractivity contribution is 4.93. The minimum absolute atomic E-state index is 0.551. The summed E-state index contributed by atoms with van der Waals surface area (Å²) in [6.45, 7) is 4.86. The van der Waals surface area contributed by atoms with E-state index < -0.39 is 0 Å². The van der Waals surface area contributed by atoms with Crippen molar-refractivity contribution < 1.29 is 0 Å². The minimum atomic E-state index is 0.551. The first-order valence-electron chi connectivity index (χ1n) is 8.38. The van der Waals surface area contributed by atoms with Crippen molar-refractivity contribution >= 4 is 0 Å². The SMILES string of the molecule is CC1(C)CCCC(NC2CCCC2n2ccnc2)CC1. The quantitative estimate of drug-likeness (QED) is 0.847. The summed E-state index contributed by atoms with van der Waals surface area (Å²) in [5.74, 6) is 0. The van der Waals surface area contributed by atoms with Gasteiger partial charge in [0.05, 0.1) is 6.33 Å². The summed E-state index contributed by atoms with van der Waals surface area (Å²) in [4.78, 5) is 4.22. The highest BCUT2D eigenvalue weighted by Gasteiger charge is 2.31. The van der Waals surface area contributed by atoms with Crippen LogP contribution in [-0.2, 0) is 0 Å². The molecule has 0 amide bonds. The molecule has 1 aromatic heterocycles. The molecule has 3 heteroatoms. The zero-order valence-corrected chi connectivity index (χ0v) is 13.0. The van der Waals surface area contributed by atoms with E-state index >= 15 is 0 Å². The number of nitrogens with one attached hydrogen (secondary N) is 1. The maximum absolute atomic E-state index is 4.22. The number of imidazole rings is 1. The van der Waals surface area contributed by atoms with Gasteiger partial charge in [-0.2, -0.15) is 0 Å². The van der Waals surface area contributed by atoms with Crippen LogP contribution in [0.2, 0.25) is 0 Å². The number of rotatable bonds is 3. The lowest BCUT2D eigenvalue weighted by Crippen LogP contribution is -2.40. The van der Waals surface area contributed by atoms with Crippen molar-refractivity contribution in [1.29, 1.82) is 0 Å². The first-order valence-corrected chi connectivity index (χ1v) is 8.38. The molecular formula is C17H29N3. The van der Waals surface area contributed by atoms with Crippen molar-refractivity contribution in [3.63, 3.8) is 0 Å². The van der Waals surface area contributed by atoms with E-state index in [9.17, 15) is 0 Å². The fourth-order valence-corrected chi connectivity index (χ4v) is 4.09. The Balaban J connectivity index is 1.59. The second-order valence-corrected chi connectivity index (χ2v) is 7.57. The van der Waals surface area contributed by atoms with Crippen LogP contribution in [0.5, 0.6) is 0 Å². The Morgan fingerprint density at radius 1 is 1.10 bits per heavy atom. The molecule has 0 bridgehead atoms. The molecule has 1 aromatic rings. The number of hydrogen-bond donors (Lipinski definition) is 1. The molecule has 0 spiro atoms. The predicted molar refractivity (Wildman–Crippen MR) is 82.7 cm³/mol. The van der Waals surface area contributed by atoms with Crippen LogP contribution in [0.15, 0.2) is 18.7 Å². The zero-order valence-electron chi connectivity index (χ0n) is 13.0. The third-order valence-corrected chi connectivity index (χ3v) is 5.41. The lowest BCUT2D eigenvalue weighted by Gasteiger charge is -2.28. The van der Waals surface area contributed by atoms with E-state index in [1.54, 1.807) is 0 Å². The van der Waals surface area contributed by atoms with Gasteiger partial charge in [-0.25, -0.2) is 4.98 Å². The van der Waals surface area contributed by atoms with Gasteiger partial charge >= 0.3 is 0 Å². The van der Waals surface area contributed by atoms with Crippen molar-refractivity contribution in [2.24, 2.45) is 5.41 Å². The molecule has 3 unspecified atom stereocenters. The van der Waals surface area contributed by atoms with Crippen molar-refractivity contribution in [1.82, 2.24) is 14.9 Å². The van der Waals surface area contributed by atoms with Crippen LogP contribution in [-0.4, -0.2) is 21.6 Å². The van der Waals surface area contributed by atoms with Gasteiger partial charge in [-0.3, -0.25) is 0 Å². The van der Waals surface area contributed by atoms with Gasteiger partial charge in [-0.1, -0.05) is 20.3 Å². The van der Waals surface area contributed by atoms with Gasteiger partial charge in [-0.15, -0.1) is 0 Å². The van der Waals surface area contributed by atoms with E-state index in [4.69, 9.17) is 0 Å². The van der Waals surface area contributed by atoms with Gasteiger partial charge in [0.2, 0.25) is 0 Å². The predicted octanol–water partition coefficient (Wildman–Crippen LogP) is 3.93. The van der Waals surface area contributed by atoms with Crippen molar-refractivity contribution in [3.8, 4) is 0 Å². The fraction of sp³-hybridized carbons (Fsp3) is 0.824. The fourth-order valence-electron chi connectivity index (χ4n) is 4.09. The molecule has 1 N–H and O–H groups in total. The molecule has 0 aliphatic heterocycles. The maximum Gasteiger partial charge on any atom is 0.0949 e. The van der Waals surface area contributed by atoms with Crippen LogP contribution in [0.1, 0.15) is 71.3 Å². The van der Waals surface area contributed by atoms with Gasteiger partial charge in [-0.05, 0) is 50.4 Å². The van der Waals surface area contributed by atoms with Crippen LogP contribution in [0, 0.1) is 5.41 Å². The number of nitrogens with zero attached hydrogens (tertiary/aromatic N) is 2. The third kappa shape index (κ3) is 3.25. The van der Waals surface area contributed by atoms with Crippen LogP contribution < -0.4 is 5.32 Å². The van der Waals surface area contributed by atoms with Gasteiger partial charge in [0.1, 0.15) is 0 Å². The Labute approximate surface area is 123 Å². The van der Waals surface area contributed by atoms with Gasteiger partial charge < -0.3 is 9.88 Å². The Morgan fingerprint density at radius 3 is 2.80 bits per heavy atom. The van der Waals surface area contributed by atoms with E-state index in [1.165, 1.54) is 51.4 Å². The van der Waals surface area contributed by atoms with Crippen molar-refractivity contribution in [2.75, 3.05) is 0 Å². The molecule has 0 aromatic carbocycles. The maximum atomic E-state index is 4.22. The largest absolute Gasteiger partial charge is 0.333 e. The van der Waals surface area contributed by atoms with E-state index in [0.717, 1.165) is 6.04 Å². The van der Waals surface area contributed by atoms with Gasteiger partial charge in [0, 0.05) is 30.5 Å². The van der Waals surface area contributed by atoms with E-state index in [1.807, 2.05) is 12.5 Å². The van der Waals surface area contributed by atoms with E-state index in [2.05, 4.69) is 34.9 Å². The second kappa shape index (κ2) is 5.88. The lowest BCUT2D eigenvalue weighted by molar-refractivity contribution is 0.298. The number of aromatic nitrogens is 2. The first-order chi connectivity index (χ1) is 9.64. The molecule has 2 saturated carbocycles. The lowest BCUT2D eigenvalue weighted by atomic mass is 9.85. The van der Waals surface area contributed by atoms with Crippen LogP contribution in [0.3, 0.4) is 0 Å². The smallest absolute Gasteiger partial charge is 0.0949 e. The van der Waals surface area contributed by atoms with Crippen molar-refractivity contribution in [2.45, 2.75) is 83.3 Å². The van der Waals surface area contributed by atoms with E-state index in [-0.39, 0.29) is 0 Å². The molecule has 3 nitrogen and oxygen atoms in total. The molecule has 0 saturated heterocycles. The van der Waals surface area contributed by atoms with Gasteiger partial charge in [0.15, 0.2) is 0 Å². The molecule has 2 fully saturated rings. The highest BCUT2D eigenvalue weighted by Crippen LogP contribution is 2.35. The molecule has 2 aliphatic rings. The summed E-state index contributed by atoms with van der Waals surface area (Å²) in [6.07, 6.45) is 16.8. The zero-order chi connectivity index (χ0) is 14.0. The second-order valence-electron chi connectivity index (χ2n) is 7.57. The minimum Gasteiger partial charge on any atom is -0.333 e. The standard InChI is InChI=1S/C17H29N3/c1-17(2)9-4-5-14(8-10-17)19-15-6-3-7-16(15)20-12-11-18-13-20/h11-16,19H,3-10H2,1-2H3. The summed E-state index contributed by atoms with van der Waals surface area (Å²) in [7, 11) is 0. The summed E-state index contributed by atoms with van der Waals surface area (Å²) in [5.41, 5.74) is 0.551. The normalized spacial score (nSPS) is 34.0. The topological polar surface area (TPSA) is 29.9 Å². The third-order valence-electron chi connectivity index (χ3n) is 5.41. The van der Waals surface area contributed by atoms with Crippen LogP contribution in [0.4, 0.5) is 0 Å². The highest BCUT2D eigenvalue weighted by atomic mass is 15.1. The molecular weight excluding hydrogens is 246 g/mol. The van der Waals surface area contributed by atoms with Crippen LogP contribution in [0.25, 0.3) is 0 Å². The average molecular weight is 275 g/mol. The first kappa shape index (κ1) is 14.1. The Morgan fingerprint density at radius 2 is 2.00 bits per heavy atom. The molecule has 1 heterocycles. The molecule has 2 aliphatic carbocycles. The molecule has 3 rings (SSSR count). The van der Waals surface area contributed by atoms with E-state index in [0.29, 0.717) is 17.5 Å². The summed E-state index contributed by atoms with van der Waals surface area (Å²) < 4.78 is 2.31. The van der Waals surface area contributed by atoms with Crippen molar-refractivity contribution in [3.05, 3.63) is 18.7 Å². The summed E-state index contributed by atoms with van der Waals surface area (Å²) >= 11 is 0. The molecule has 112 valence electrons. The van der Waals surface area contributed by atoms with Gasteiger partial charge in [0.25, 0.3) is 0 Å². The molecule has 20 heavy (non-hydrogen) atoms. The summed E-state index contributed by atoms with van der Waals surface area (Å²) in [6, 6.07) is 2.00. The molecule has 0 radical (unpaired) electrons. The Kier molecular flexibility index (Phi) is 4.16. The number of hydrogen-bond acceptors (Lipinski definition) is 2.